The molecule has 1 aromatic heterocycles. The zero-order chi connectivity index (χ0) is 11.4. The first-order chi connectivity index (χ1) is 7.79. The Balaban J connectivity index is 1.87. The first kappa shape index (κ1) is 10.8. The van der Waals surface area contributed by atoms with Crippen LogP contribution >= 0.6 is 0 Å². The van der Waals surface area contributed by atoms with Crippen LogP contribution in [0.1, 0.15) is 12.1 Å². The number of amides is 1. The molecule has 1 amide bonds. The maximum atomic E-state index is 11.6. The molecule has 0 aromatic carbocycles. The van der Waals surface area contributed by atoms with Crippen molar-refractivity contribution in [3.05, 3.63) is 36.9 Å². The van der Waals surface area contributed by atoms with Crippen LogP contribution in [0.5, 0.6) is 0 Å². The summed E-state index contributed by atoms with van der Waals surface area (Å²) in [6.07, 6.45) is 8.30. The fourth-order valence-electron chi connectivity index (χ4n) is 1.89. The van der Waals surface area contributed by atoms with Crippen molar-refractivity contribution in [3.63, 3.8) is 0 Å². The fourth-order valence-corrected chi connectivity index (χ4v) is 1.89. The lowest BCUT2D eigenvalue weighted by atomic mass is 10.1. The third-order valence-corrected chi connectivity index (χ3v) is 2.83. The smallest absolute Gasteiger partial charge is 0.223 e. The molecule has 0 saturated carbocycles. The number of rotatable bonds is 4. The minimum absolute atomic E-state index is 0.216. The van der Waals surface area contributed by atoms with Gasteiger partial charge in [0.25, 0.3) is 0 Å². The molecule has 1 aliphatic rings. The van der Waals surface area contributed by atoms with Gasteiger partial charge in [0.05, 0.1) is 5.69 Å². The lowest BCUT2D eigenvalue weighted by Gasteiger charge is -2.15. The Morgan fingerprint density at radius 2 is 2.44 bits per heavy atom. The molecule has 0 radical (unpaired) electrons. The van der Waals surface area contributed by atoms with E-state index in [1.54, 1.807) is 18.6 Å². The van der Waals surface area contributed by atoms with E-state index >= 15 is 0 Å². The van der Waals surface area contributed by atoms with Crippen LogP contribution in [-0.2, 0) is 11.2 Å². The van der Waals surface area contributed by atoms with Crippen molar-refractivity contribution in [2.75, 3.05) is 13.1 Å². The fraction of sp³-hybridized carbons (Fsp3) is 0.417. The van der Waals surface area contributed by atoms with Gasteiger partial charge in [-0.25, -0.2) is 0 Å². The molecule has 1 fully saturated rings. The predicted molar refractivity (Wildman–Crippen MR) is 60.6 cm³/mol. The van der Waals surface area contributed by atoms with E-state index in [0.717, 1.165) is 25.2 Å². The van der Waals surface area contributed by atoms with Crippen LogP contribution in [0.25, 0.3) is 0 Å². The Bertz CT molecular complexity index is 377. The highest BCUT2D eigenvalue weighted by Crippen LogP contribution is 2.18. The highest BCUT2D eigenvalue weighted by Gasteiger charge is 2.26. The molecule has 0 aliphatic carbocycles. The Morgan fingerprint density at radius 3 is 3.06 bits per heavy atom. The van der Waals surface area contributed by atoms with E-state index in [4.69, 9.17) is 0 Å². The number of hydrogen-bond acceptors (Lipinski definition) is 3. The molecule has 1 aliphatic heterocycles. The first-order valence-electron chi connectivity index (χ1n) is 5.45. The standard InChI is InChI=1S/C12H15N3O/c1-2-10-7-12(16)15(9-10)6-3-11-8-13-4-5-14-11/h2,4-5,8,10H,1,3,6-7,9H2. The quantitative estimate of drug-likeness (QED) is 0.708. The second kappa shape index (κ2) is 4.88. The molecule has 1 saturated heterocycles. The number of nitrogens with zero attached hydrogens (tertiary/aromatic N) is 3. The Hall–Kier alpha value is -1.71. The molecule has 1 atom stereocenters. The molecule has 4 nitrogen and oxygen atoms in total. The monoisotopic (exact) mass is 217 g/mol. The van der Waals surface area contributed by atoms with Gasteiger partial charge in [0.1, 0.15) is 0 Å². The van der Waals surface area contributed by atoms with Gasteiger partial charge < -0.3 is 4.90 Å². The van der Waals surface area contributed by atoms with Crippen LogP contribution < -0.4 is 0 Å². The van der Waals surface area contributed by atoms with Crippen LogP contribution in [0.2, 0.25) is 0 Å². The number of hydrogen-bond donors (Lipinski definition) is 0. The van der Waals surface area contributed by atoms with Crippen LogP contribution in [-0.4, -0.2) is 33.9 Å². The number of carbonyl (C=O) groups excluding carboxylic acids is 1. The molecule has 4 heteroatoms. The average molecular weight is 217 g/mol. The van der Waals surface area contributed by atoms with E-state index in [9.17, 15) is 4.79 Å². The van der Waals surface area contributed by atoms with Gasteiger partial charge in [-0.2, -0.15) is 0 Å². The van der Waals surface area contributed by atoms with Gasteiger partial charge in [-0.05, 0) is 0 Å². The number of likely N-dealkylation sites (tertiary alicyclic amines) is 1. The summed E-state index contributed by atoms with van der Waals surface area (Å²) >= 11 is 0. The third kappa shape index (κ3) is 2.45. The second-order valence-corrected chi connectivity index (χ2v) is 3.99. The summed E-state index contributed by atoms with van der Waals surface area (Å²) in [6, 6.07) is 0. The van der Waals surface area contributed by atoms with E-state index in [2.05, 4.69) is 16.5 Å². The van der Waals surface area contributed by atoms with Gasteiger partial charge in [-0.3, -0.25) is 14.8 Å². The van der Waals surface area contributed by atoms with E-state index in [1.165, 1.54) is 0 Å². The lowest BCUT2D eigenvalue weighted by molar-refractivity contribution is -0.127. The van der Waals surface area contributed by atoms with Gasteiger partial charge in [0, 0.05) is 50.4 Å². The number of carbonyl (C=O) groups is 1. The Kier molecular flexibility index (Phi) is 3.29. The predicted octanol–water partition coefficient (Wildman–Crippen LogP) is 1.05. The van der Waals surface area contributed by atoms with Crippen molar-refractivity contribution in [1.29, 1.82) is 0 Å². The van der Waals surface area contributed by atoms with Crippen LogP contribution in [0, 0.1) is 5.92 Å². The molecule has 16 heavy (non-hydrogen) atoms. The van der Waals surface area contributed by atoms with Gasteiger partial charge in [0.15, 0.2) is 0 Å². The molecular weight excluding hydrogens is 202 g/mol. The molecule has 1 aromatic rings. The molecule has 84 valence electrons. The molecule has 0 bridgehead atoms. The summed E-state index contributed by atoms with van der Waals surface area (Å²) in [5.41, 5.74) is 0.928. The largest absolute Gasteiger partial charge is 0.342 e. The highest BCUT2D eigenvalue weighted by atomic mass is 16.2. The van der Waals surface area contributed by atoms with Gasteiger partial charge >= 0.3 is 0 Å². The summed E-state index contributed by atoms with van der Waals surface area (Å²) in [6.45, 7) is 5.25. The lowest BCUT2D eigenvalue weighted by Crippen LogP contribution is -2.27. The molecule has 0 spiro atoms. The highest BCUT2D eigenvalue weighted by molar-refractivity contribution is 5.78. The first-order valence-corrected chi connectivity index (χ1v) is 5.45. The van der Waals surface area contributed by atoms with Gasteiger partial charge in [0.2, 0.25) is 5.91 Å². The molecular formula is C12H15N3O. The van der Waals surface area contributed by atoms with Crippen molar-refractivity contribution in [1.82, 2.24) is 14.9 Å². The third-order valence-electron chi connectivity index (χ3n) is 2.83. The van der Waals surface area contributed by atoms with E-state index in [-0.39, 0.29) is 5.91 Å². The Labute approximate surface area is 95.0 Å². The summed E-state index contributed by atoms with van der Waals surface area (Å²) in [4.78, 5) is 21.7. The van der Waals surface area contributed by atoms with Crippen molar-refractivity contribution in [2.24, 2.45) is 5.92 Å². The number of aromatic nitrogens is 2. The topological polar surface area (TPSA) is 46.1 Å². The molecule has 2 heterocycles. The molecule has 0 N–H and O–H groups in total. The molecule has 2 rings (SSSR count). The molecule has 1 unspecified atom stereocenters. The zero-order valence-electron chi connectivity index (χ0n) is 9.17. The summed E-state index contributed by atoms with van der Waals surface area (Å²) in [7, 11) is 0. The van der Waals surface area contributed by atoms with Crippen LogP contribution in [0.3, 0.4) is 0 Å². The van der Waals surface area contributed by atoms with Gasteiger partial charge in [-0.15, -0.1) is 6.58 Å². The summed E-state index contributed by atoms with van der Waals surface area (Å²) < 4.78 is 0. The van der Waals surface area contributed by atoms with E-state index in [1.807, 2.05) is 11.0 Å². The zero-order valence-corrected chi connectivity index (χ0v) is 9.17. The van der Waals surface area contributed by atoms with Crippen molar-refractivity contribution < 1.29 is 4.79 Å². The SMILES string of the molecule is C=CC1CC(=O)N(CCc2cnccn2)C1. The minimum atomic E-state index is 0.216. The van der Waals surface area contributed by atoms with E-state index < -0.39 is 0 Å². The maximum Gasteiger partial charge on any atom is 0.223 e. The van der Waals surface area contributed by atoms with E-state index in [0.29, 0.717) is 12.3 Å². The normalized spacial score (nSPS) is 20.1. The van der Waals surface area contributed by atoms with Crippen molar-refractivity contribution in [3.8, 4) is 0 Å². The van der Waals surface area contributed by atoms with Crippen LogP contribution in [0.4, 0.5) is 0 Å². The maximum absolute atomic E-state index is 11.6. The van der Waals surface area contributed by atoms with Crippen molar-refractivity contribution >= 4 is 5.91 Å². The summed E-state index contributed by atoms with van der Waals surface area (Å²) in [5.74, 6) is 0.531. The average Bonchev–Trinajstić information content (AvgIpc) is 2.69. The minimum Gasteiger partial charge on any atom is -0.342 e. The summed E-state index contributed by atoms with van der Waals surface area (Å²) in [5, 5.41) is 0. The Morgan fingerprint density at radius 1 is 1.56 bits per heavy atom. The van der Waals surface area contributed by atoms with Crippen LogP contribution in [0.15, 0.2) is 31.2 Å². The van der Waals surface area contributed by atoms with Gasteiger partial charge in [-0.1, -0.05) is 6.08 Å². The van der Waals surface area contributed by atoms with Crippen molar-refractivity contribution in [2.45, 2.75) is 12.8 Å². The second-order valence-electron chi connectivity index (χ2n) is 3.99.